The molecule has 2 aromatic rings. The minimum atomic E-state index is -0.249. The zero-order valence-corrected chi connectivity index (χ0v) is 13.9. The van der Waals surface area contributed by atoms with Crippen molar-refractivity contribution in [3.05, 3.63) is 41.3 Å². The molecule has 0 spiro atoms. The van der Waals surface area contributed by atoms with Gasteiger partial charge in [0.15, 0.2) is 0 Å². The number of fused-ring (bicyclic) bond motifs is 2. The molecule has 1 aliphatic carbocycles. The highest BCUT2D eigenvalue weighted by atomic mass is 19.1. The lowest BCUT2D eigenvalue weighted by molar-refractivity contribution is -0.133. The highest BCUT2D eigenvalue weighted by Crippen LogP contribution is 2.51. The van der Waals surface area contributed by atoms with E-state index < -0.39 is 0 Å². The summed E-state index contributed by atoms with van der Waals surface area (Å²) >= 11 is 0. The average molecular weight is 341 g/mol. The third-order valence-electron chi connectivity index (χ3n) is 5.88. The van der Waals surface area contributed by atoms with E-state index in [1.54, 1.807) is 12.1 Å². The Kier molecular flexibility index (Phi) is 3.41. The fraction of sp³-hybridized carbons (Fsp3) is 0.474. The van der Waals surface area contributed by atoms with Gasteiger partial charge in [0.1, 0.15) is 5.82 Å². The lowest BCUT2D eigenvalue weighted by Gasteiger charge is -2.21. The number of hydrogen-bond acceptors (Lipinski definition) is 3. The second kappa shape index (κ2) is 5.66. The van der Waals surface area contributed by atoms with Crippen LogP contribution in [0.15, 0.2) is 24.3 Å². The predicted molar refractivity (Wildman–Crippen MR) is 89.3 cm³/mol. The summed E-state index contributed by atoms with van der Waals surface area (Å²) < 4.78 is 18.6. The van der Waals surface area contributed by atoms with Gasteiger partial charge in [-0.05, 0) is 42.5 Å². The number of ether oxygens (including phenoxy) is 1. The van der Waals surface area contributed by atoms with Gasteiger partial charge in [0.2, 0.25) is 5.91 Å². The summed E-state index contributed by atoms with van der Waals surface area (Å²) in [7, 11) is 0. The fourth-order valence-corrected chi connectivity index (χ4v) is 4.37. The van der Waals surface area contributed by atoms with Crippen molar-refractivity contribution in [3.8, 4) is 11.3 Å². The molecule has 5 nitrogen and oxygen atoms in total. The number of benzene rings is 1. The number of aromatic amines is 1. The van der Waals surface area contributed by atoms with Crippen molar-refractivity contribution >= 4 is 5.91 Å². The van der Waals surface area contributed by atoms with Gasteiger partial charge in [-0.15, -0.1) is 0 Å². The van der Waals surface area contributed by atoms with Crippen LogP contribution in [-0.2, 0) is 22.4 Å². The molecule has 25 heavy (non-hydrogen) atoms. The number of aromatic nitrogens is 2. The number of rotatable bonds is 2. The molecule has 0 radical (unpaired) electrons. The minimum Gasteiger partial charge on any atom is -0.381 e. The largest absolute Gasteiger partial charge is 0.381 e. The normalized spacial score (nSPS) is 27.6. The number of halogens is 1. The van der Waals surface area contributed by atoms with E-state index in [-0.39, 0.29) is 11.7 Å². The van der Waals surface area contributed by atoms with Crippen molar-refractivity contribution in [3.63, 3.8) is 0 Å². The Bertz CT molecular complexity index is 807. The molecule has 2 aliphatic heterocycles. The second-order valence-corrected chi connectivity index (χ2v) is 7.25. The van der Waals surface area contributed by atoms with Gasteiger partial charge in [-0.25, -0.2) is 4.39 Å². The van der Waals surface area contributed by atoms with Crippen molar-refractivity contribution in [1.29, 1.82) is 0 Å². The highest BCUT2D eigenvalue weighted by Gasteiger charge is 2.58. The highest BCUT2D eigenvalue weighted by molar-refractivity contribution is 5.83. The maximum absolute atomic E-state index is 13.2. The molecule has 5 rings (SSSR count). The van der Waals surface area contributed by atoms with Crippen molar-refractivity contribution in [1.82, 2.24) is 15.1 Å². The lowest BCUT2D eigenvalue weighted by Crippen LogP contribution is -2.36. The maximum Gasteiger partial charge on any atom is 0.226 e. The Hall–Kier alpha value is -2.21. The van der Waals surface area contributed by atoms with Crippen LogP contribution in [0.1, 0.15) is 11.3 Å². The summed E-state index contributed by atoms with van der Waals surface area (Å²) in [6.07, 6.45) is 1.57. The maximum atomic E-state index is 13.2. The average Bonchev–Trinajstić information content (AvgIpc) is 2.95. The van der Waals surface area contributed by atoms with E-state index in [0.717, 1.165) is 61.7 Å². The van der Waals surface area contributed by atoms with Crippen LogP contribution in [0.5, 0.6) is 0 Å². The predicted octanol–water partition coefficient (Wildman–Crippen LogP) is 2.04. The Morgan fingerprint density at radius 1 is 1.16 bits per heavy atom. The zero-order chi connectivity index (χ0) is 17.0. The van der Waals surface area contributed by atoms with Gasteiger partial charge in [0, 0.05) is 42.2 Å². The fourth-order valence-electron chi connectivity index (χ4n) is 4.37. The molecule has 3 heterocycles. The monoisotopic (exact) mass is 341 g/mol. The third kappa shape index (κ3) is 2.47. The first kappa shape index (κ1) is 15.1. The minimum absolute atomic E-state index is 0.180. The molecule has 2 fully saturated rings. The van der Waals surface area contributed by atoms with Crippen LogP contribution in [0.4, 0.5) is 4.39 Å². The van der Waals surface area contributed by atoms with Crippen LogP contribution in [0.25, 0.3) is 11.3 Å². The molecule has 1 aromatic heterocycles. The first-order valence-corrected chi connectivity index (χ1v) is 8.91. The quantitative estimate of drug-likeness (QED) is 0.909. The van der Waals surface area contributed by atoms with Crippen LogP contribution in [-0.4, -0.2) is 47.3 Å². The zero-order valence-electron chi connectivity index (χ0n) is 13.9. The number of nitrogens with zero attached hydrogens (tertiary/aromatic N) is 2. The van der Waals surface area contributed by atoms with E-state index >= 15 is 0 Å². The van der Waals surface area contributed by atoms with Crippen molar-refractivity contribution < 1.29 is 13.9 Å². The molecule has 0 bridgehead atoms. The number of carbonyl (C=O) groups excluding carboxylic acids is 1. The Morgan fingerprint density at radius 2 is 1.88 bits per heavy atom. The molecule has 130 valence electrons. The lowest BCUT2D eigenvalue weighted by atomic mass is 10.0. The standard InChI is InChI=1S/C19H20FN3O2/c20-12-3-1-11(2-4-12)18-13-5-7-23(8-6-16(13)21-22-18)19(24)17-14-9-25-10-15(14)17/h1-4,14-15,17H,5-10H2,(H,21,22)/t14-,15+,17?. The smallest absolute Gasteiger partial charge is 0.226 e. The van der Waals surface area contributed by atoms with E-state index in [4.69, 9.17) is 4.74 Å². The molecule has 1 unspecified atom stereocenters. The van der Waals surface area contributed by atoms with Crippen molar-refractivity contribution in [2.75, 3.05) is 26.3 Å². The second-order valence-electron chi connectivity index (χ2n) is 7.25. The van der Waals surface area contributed by atoms with Crippen LogP contribution >= 0.6 is 0 Å². The molecule has 1 N–H and O–H groups in total. The van der Waals surface area contributed by atoms with Crippen molar-refractivity contribution in [2.45, 2.75) is 12.8 Å². The Morgan fingerprint density at radius 3 is 2.64 bits per heavy atom. The number of nitrogens with one attached hydrogen (secondary N) is 1. The molecular formula is C19H20FN3O2. The number of hydrogen-bond donors (Lipinski definition) is 1. The molecule has 3 atom stereocenters. The molecule has 1 saturated carbocycles. The van der Waals surface area contributed by atoms with Gasteiger partial charge in [0.25, 0.3) is 0 Å². The van der Waals surface area contributed by atoms with Crippen LogP contribution < -0.4 is 0 Å². The van der Waals surface area contributed by atoms with Gasteiger partial charge < -0.3 is 9.64 Å². The van der Waals surface area contributed by atoms with Gasteiger partial charge in [0.05, 0.1) is 18.9 Å². The van der Waals surface area contributed by atoms with Crippen LogP contribution in [0.2, 0.25) is 0 Å². The SMILES string of the molecule is O=C(C1[C@H]2COC[C@@H]12)N1CCc2[nH]nc(-c3ccc(F)cc3)c2CC1. The number of amides is 1. The van der Waals surface area contributed by atoms with E-state index in [2.05, 4.69) is 10.2 Å². The summed E-state index contributed by atoms with van der Waals surface area (Å²) in [5.74, 6) is 1.12. The molecule has 3 aliphatic rings. The molecule has 1 aromatic carbocycles. The third-order valence-corrected chi connectivity index (χ3v) is 5.88. The summed E-state index contributed by atoms with van der Waals surface area (Å²) in [6, 6.07) is 6.42. The molecule has 6 heteroatoms. The van der Waals surface area contributed by atoms with E-state index in [1.807, 2.05) is 4.90 Å². The summed E-state index contributed by atoms with van der Waals surface area (Å²) in [6.45, 7) is 2.93. The summed E-state index contributed by atoms with van der Waals surface area (Å²) in [4.78, 5) is 14.8. The Labute approximate surface area is 145 Å². The van der Waals surface area contributed by atoms with Gasteiger partial charge >= 0.3 is 0 Å². The van der Waals surface area contributed by atoms with E-state index in [1.165, 1.54) is 12.1 Å². The van der Waals surface area contributed by atoms with Crippen LogP contribution in [0.3, 0.4) is 0 Å². The topological polar surface area (TPSA) is 58.2 Å². The Balaban J connectivity index is 1.34. The van der Waals surface area contributed by atoms with Crippen molar-refractivity contribution in [2.24, 2.45) is 17.8 Å². The molecule has 1 saturated heterocycles. The first-order chi connectivity index (χ1) is 12.2. The van der Waals surface area contributed by atoms with Gasteiger partial charge in [-0.2, -0.15) is 5.10 Å². The molecular weight excluding hydrogens is 321 g/mol. The van der Waals surface area contributed by atoms with Gasteiger partial charge in [-0.1, -0.05) is 0 Å². The number of H-pyrrole nitrogens is 1. The molecule has 1 amide bonds. The van der Waals surface area contributed by atoms with E-state index in [0.29, 0.717) is 17.7 Å². The van der Waals surface area contributed by atoms with E-state index in [9.17, 15) is 9.18 Å². The first-order valence-electron chi connectivity index (χ1n) is 8.91. The summed E-state index contributed by atoms with van der Waals surface area (Å²) in [5.41, 5.74) is 4.03. The summed E-state index contributed by atoms with van der Waals surface area (Å²) in [5, 5.41) is 7.56. The number of carbonyl (C=O) groups is 1. The van der Waals surface area contributed by atoms with Gasteiger partial charge in [-0.3, -0.25) is 9.89 Å². The van der Waals surface area contributed by atoms with Crippen LogP contribution in [0, 0.1) is 23.6 Å².